The number of aliphatic carboxylic acids is 1. The van der Waals surface area contributed by atoms with Crippen molar-refractivity contribution in [2.24, 2.45) is 5.73 Å². The zero-order chi connectivity index (χ0) is 23.3. The molecule has 10 nitrogen and oxygen atoms in total. The number of nitrogens with zero attached hydrogens (tertiary/aromatic N) is 2. The van der Waals surface area contributed by atoms with E-state index in [9.17, 15) is 29.4 Å². The number of nitrogens with one attached hydrogen (secondary N) is 1. The Hall–Kier alpha value is -2.98. The highest BCUT2D eigenvalue weighted by atomic mass is 16.4. The van der Waals surface area contributed by atoms with Crippen LogP contribution in [0.5, 0.6) is 0 Å². The molecule has 4 atom stereocenters. The van der Waals surface area contributed by atoms with Gasteiger partial charge in [-0.3, -0.25) is 14.4 Å². The molecule has 0 aromatic heterocycles. The molecule has 2 saturated heterocycles. The van der Waals surface area contributed by atoms with Crippen LogP contribution in [-0.4, -0.2) is 87.6 Å². The largest absolute Gasteiger partial charge is 0.480 e. The van der Waals surface area contributed by atoms with Crippen LogP contribution >= 0.6 is 0 Å². The van der Waals surface area contributed by atoms with E-state index in [1.807, 2.05) is 6.07 Å². The van der Waals surface area contributed by atoms with Crippen molar-refractivity contribution in [1.29, 1.82) is 0 Å². The Morgan fingerprint density at radius 1 is 1.03 bits per heavy atom. The number of hydrogen-bond donors (Lipinski definition) is 4. The summed E-state index contributed by atoms with van der Waals surface area (Å²) >= 11 is 0. The van der Waals surface area contributed by atoms with Crippen LogP contribution in [-0.2, 0) is 25.6 Å². The lowest BCUT2D eigenvalue weighted by atomic mass is 10.1. The molecule has 0 spiro atoms. The van der Waals surface area contributed by atoms with Gasteiger partial charge in [0, 0.05) is 19.5 Å². The fraction of sp³-hybridized carbons (Fsp3) is 0.545. The normalized spacial score (nSPS) is 22.4. The quantitative estimate of drug-likeness (QED) is 0.404. The van der Waals surface area contributed by atoms with Crippen LogP contribution < -0.4 is 11.1 Å². The summed E-state index contributed by atoms with van der Waals surface area (Å²) in [4.78, 5) is 53.2. The van der Waals surface area contributed by atoms with Crippen molar-refractivity contribution >= 4 is 23.7 Å². The Morgan fingerprint density at radius 2 is 1.66 bits per heavy atom. The lowest BCUT2D eigenvalue weighted by Gasteiger charge is -2.32. The maximum Gasteiger partial charge on any atom is 0.326 e. The zero-order valence-corrected chi connectivity index (χ0v) is 17.9. The van der Waals surface area contributed by atoms with Gasteiger partial charge in [0.2, 0.25) is 17.7 Å². The Morgan fingerprint density at radius 3 is 2.28 bits per heavy atom. The van der Waals surface area contributed by atoms with Crippen molar-refractivity contribution in [2.45, 2.75) is 56.3 Å². The van der Waals surface area contributed by atoms with E-state index in [4.69, 9.17) is 5.73 Å². The fourth-order valence-corrected chi connectivity index (χ4v) is 4.39. The summed E-state index contributed by atoms with van der Waals surface area (Å²) in [6.45, 7) is 0.215. The van der Waals surface area contributed by atoms with Crippen molar-refractivity contribution in [1.82, 2.24) is 15.1 Å². The van der Waals surface area contributed by atoms with Gasteiger partial charge in [0.1, 0.15) is 24.2 Å². The van der Waals surface area contributed by atoms with E-state index in [0.717, 1.165) is 5.56 Å². The molecule has 1 aromatic rings. The van der Waals surface area contributed by atoms with Gasteiger partial charge >= 0.3 is 5.97 Å². The number of carbonyl (C=O) groups is 4. The monoisotopic (exact) mass is 446 g/mol. The second-order valence-corrected chi connectivity index (χ2v) is 8.26. The van der Waals surface area contributed by atoms with Crippen LogP contribution in [0.4, 0.5) is 0 Å². The van der Waals surface area contributed by atoms with Crippen molar-refractivity contribution in [3.63, 3.8) is 0 Å². The molecule has 2 fully saturated rings. The lowest BCUT2D eigenvalue weighted by molar-refractivity contribution is -0.148. The summed E-state index contributed by atoms with van der Waals surface area (Å²) in [6, 6.07) is 5.27. The Labute approximate surface area is 186 Å². The number of carboxylic acids is 1. The molecular formula is C22H30N4O6. The van der Waals surface area contributed by atoms with E-state index < -0.39 is 48.6 Å². The lowest BCUT2D eigenvalue weighted by Crippen LogP contribution is -2.56. The number of carboxylic acid groups (broad SMARTS) is 1. The smallest absolute Gasteiger partial charge is 0.326 e. The van der Waals surface area contributed by atoms with E-state index >= 15 is 0 Å². The molecule has 2 heterocycles. The number of aliphatic hydroxyl groups is 1. The highest BCUT2D eigenvalue weighted by Crippen LogP contribution is 2.25. The summed E-state index contributed by atoms with van der Waals surface area (Å²) in [6.07, 6.45) is 2.25. The average Bonchev–Trinajstić information content (AvgIpc) is 3.47. The minimum absolute atomic E-state index is 0.131. The Bertz CT molecular complexity index is 848. The molecule has 5 N–H and O–H groups in total. The molecule has 174 valence electrons. The average molecular weight is 447 g/mol. The van der Waals surface area contributed by atoms with Gasteiger partial charge in [-0.05, 0) is 31.2 Å². The van der Waals surface area contributed by atoms with Crippen molar-refractivity contribution in [3.8, 4) is 0 Å². The van der Waals surface area contributed by atoms with E-state index in [-0.39, 0.29) is 12.3 Å². The van der Waals surface area contributed by atoms with Crippen LogP contribution in [0.15, 0.2) is 30.3 Å². The summed E-state index contributed by atoms with van der Waals surface area (Å²) in [5.74, 6) is -2.49. The summed E-state index contributed by atoms with van der Waals surface area (Å²) in [7, 11) is 0. The number of likely N-dealkylation sites (tertiary alicyclic amines) is 2. The van der Waals surface area contributed by atoms with Crippen LogP contribution in [0.1, 0.15) is 31.2 Å². The molecule has 32 heavy (non-hydrogen) atoms. The predicted molar refractivity (Wildman–Crippen MR) is 114 cm³/mol. The van der Waals surface area contributed by atoms with Crippen LogP contribution in [0.25, 0.3) is 0 Å². The Kier molecular flexibility index (Phi) is 7.81. The van der Waals surface area contributed by atoms with Crippen molar-refractivity contribution in [3.05, 3.63) is 35.9 Å². The van der Waals surface area contributed by atoms with Crippen LogP contribution in [0.2, 0.25) is 0 Å². The van der Waals surface area contributed by atoms with Gasteiger partial charge in [-0.15, -0.1) is 0 Å². The second-order valence-electron chi connectivity index (χ2n) is 8.26. The minimum Gasteiger partial charge on any atom is -0.480 e. The number of rotatable bonds is 8. The maximum absolute atomic E-state index is 13.2. The summed E-state index contributed by atoms with van der Waals surface area (Å²) in [5, 5.41) is 21.3. The number of carbonyl (C=O) groups excluding carboxylic acids is 3. The molecule has 1 aromatic carbocycles. The van der Waals surface area contributed by atoms with E-state index in [0.29, 0.717) is 38.8 Å². The number of amides is 3. The molecule has 0 aliphatic carbocycles. The predicted octanol–water partition coefficient (Wildman–Crippen LogP) is -0.900. The van der Waals surface area contributed by atoms with Crippen molar-refractivity contribution < 1.29 is 29.4 Å². The van der Waals surface area contributed by atoms with E-state index in [2.05, 4.69) is 5.32 Å². The molecule has 10 heteroatoms. The number of nitrogens with two attached hydrogens (primary N) is 1. The standard InChI is InChI=1S/C22H30N4O6/c23-15(13-27)20(29)26-11-5-9-18(26)21(30)25-10-4-8-17(25)19(28)24-16(22(31)32)12-14-6-2-1-3-7-14/h1-3,6-7,15-18,27H,4-5,8-13,23H2,(H,24,28)(H,31,32). The number of benzene rings is 1. The molecule has 2 aliphatic heterocycles. The van der Waals surface area contributed by atoms with Gasteiger partial charge in [0.15, 0.2) is 0 Å². The molecule has 2 aliphatic rings. The SMILES string of the molecule is NC(CO)C(=O)N1CCCC1C(=O)N1CCCC1C(=O)NC(Cc1ccccc1)C(=O)O. The Balaban J connectivity index is 1.68. The first-order valence-corrected chi connectivity index (χ1v) is 10.9. The van der Waals surface area contributed by atoms with Gasteiger partial charge in [0.25, 0.3) is 0 Å². The van der Waals surface area contributed by atoms with E-state index in [1.54, 1.807) is 24.3 Å². The molecule has 4 unspecified atom stereocenters. The first-order chi connectivity index (χ1) is 15.3. The number of hydrogen-bond acceptors (Lipinski definition) is 6. The second kappa shape index (κ2) is 10.6. The molecule has 0 saturated carbocycles. The highest BCUT2D eigenvalue weighted by Gasteiger charge is 2.43. The van der Waals surface area contributed by atoms with Gasteiger partial charge in [-0.25, -0.2) is 4.79 Å². The van der Waals surface area contributed by atoms with Gasteiger partial charge in [0.05, 0.1) is 6.61 Å². The van der Waals surface area contributed by atoms with Gasteiger partial charge in [-0.1, -0.05) is 30.3 Å². The summed E-state index contributed by atoms with van der Waals surface area (Å²) in [5.41, 5.74) is 6.43. The van der Waals surface area contributed by atoms with Crippen molar-refractivity contribution in [2.75, 3.05) is 19.7 Å². The number of aliphatic hydroxyl groups excluding tert-OH is 1. The summed E-state index contributed by atoms with van der Waals surface area (Å²) < 4.78 is 0. The van der Waals surface area contributed by atoms with Gasteiger partial charge < -0.3 is 31.1 Å². The van der Waals surface area contributed by atoms with Crippen LogP contribution in [0.3, 0.4) is 0 Å². The zero-order valence-electron chi connectivity index (χ0n) is 17.9. The molecule has 0 radical (unpaired) electrons. The highest BCUT2D eigenvalue weighted by molar-refractivity contribution is 5.94. The first-order valence-electron chi connectivity index (χ1n) is 10.9. The third-order valence-corrected chi connectivity index (χ3v) is 6.07. The fourth-order valence-electron chi connectivity index (χ4n) is 4.39. The molecule has 3 amide bonds. The first kappa shape index (κ1) is 23.7. The molecule has 3 rings (SSSR count). The third kappa shape index (κ3) is 5.25. The van der Waals surface area contributed by atoms with E-state index in [1.165, 1.54) is 9.80 Å². The third-order valence-electron chi connectivity index (χ3n) is 6.07. The molecule has 0 bridgehead atoms. The van der Waals surface area contributed by atoms with Crippen LogP contribution in [0, 0.1) is 0 Å². The maximum atomic E-state index is 13.2. The minimum atomic E-state index is -1.15. The van der Waals surface area contributed by atoms with Gasteiger partial charge in [-0.2, -0.15) is 0 Å². The molecular weight excluding hydrogens is 416 g/mol. The topological polar surface area (TPSA) is 153 Å².